The van der Waals surface area contributed by atoms with Crippen LogP contribution in [0.1, 0.15) is 30.0 Å². The minimum atomic E-state index is -0.346. The fourth-order valence-electron chi connectivity index (χ4n) is 4.26. The third-order valence-electron chi connectivity index (χ3n) is 5.73. The highest BCUT2D eigenvalue weighted by Gasteiger charge is 2.46. The number of aryl methyl sites for hydroxylation is 1. The third-order valence-corrected chi connectivity index (χ3v) is 6.45. The van der Waals surface area contributed by atoms with E-state index < -0.39 is 0 Å². The molecule has 0 radical (unpaired) electrons. The van der Waals surface area contributed by atoms with Crippen molar-refractivity contribution in [1.82, 2.24) is 5.32 Å². The second kappa shape index (κ2) is 8.07. The van der Waals surface area contributed by atoms with Crippen LogP contribution < -0.4 is 10.6 Å². The third kappa shape index (κ3) is 3.85. The summed E-state index contributed by atoms with van der Waals surface area (Å²) in [5, 5.41) is 6.21. The fraction of sp³-hybridized carbons (Fsp3) is 0.304. The molecular formula is C23H23IN2O2. The van der Waals surface area contributed by atoms with Crippen molar-refractivity contribution in [3.05, 3.63) is 75.4 Å². The van der Waals surface area contributed by atoms with E-state index in [1.165, 1.54) is 5.56 Å². The van der Waals surface area contributed by atoms with E-state index in [0.29, 0.717) is 0 Å². The van der Waals surface area contributed by atoms with Gasteiger partial charge >= 0.3 is 0 Å². The van der Waals surface area contributed by atoms with Gasteiger partial charge in [0.05, 0.1) is 12.0 Å². The van der Waals surface area contributed by atoms with Crippen molar-refractivity contribution in [3.63, 3.8) is 0 Å². The van der Waals surface area contributed by atoms with Gasteiger partial charge in [0.2, 0.25) is 11.8 Å². The Morgan fingerprint density at radius 3 is 2.46 bits per heavy atom. The Labute approximate surface area is 178 Å². The standard InChI is InChI=1S/C23H23IN2O2/c1-14-6-8-15(9-7-14)21(25-17-12-10-16(24)11-13-17)20-18-4-2-3-5-19(18)22(27)26-23(20)28/h2,4,6-13,18-21,25H,3,5H2,1H3,(H,26,27,28)/t18-,19+,20+,21+/m0/s1. The van der Waals surface area contributed by atoms with Gasteiger partial charge in [-0.05, 0) is 72.2 Å². The summed E-state index contributed by atoms with van der Waals surface area (Å²) < 4.78 is 1.16. The zero-order valence-electron chi connectivity index (χ0n) is 15.7. The van der Waals surface area contributed by atoms with Crippen molar-refractivity contribution < 1.29 is 9.59 Å². The molecule has 0 spiro atoms. The molecule has 2 aliphatic rings. The van der Waals surface area contributed by atoms with Crippen LogP contribution in [0.25, 0.3) is 0 Å². The number of carbonyl (C=O) groups excluding carboxylic acids is 2. The van der Waals surface area contributed by atoms with Gasteiger partial charge in [-0.15, -0.1) is 0 Å². The number of rotatable bonds is 4. The maximum Gasteiger partial charge on any atom is 0.232 e. The summed E-state index contributed by atoms with van der Waals surface area (Å²) in [5.41, 5.74) is 3.19. The molecular weight excluding hydrogens is 463 g/mol. The van der Waals surface area contributed by atoms with Crippen molar-refractivity contribution in [2.45, 2.75) is 25.8 Å². The molecule has 4 nitrogen and oxygen atoms in total. The number of nitrogens with one attached hydrogen (secondary N) is 2. The molecule has 1 heterocycles. The highest BCUT2D eigenvalue weighted by Crippen LogP contribution is 2.42. The minimum Gasteiger partial charge on any atom is -0.377 e. The molecule has 28 heavy (non-hydrogen) atoms. The molecule has 0 unspecified atom stereocenters. The maximum atomic E-state index is 13.0. The summed E-state index contributed by atoms with van der Waals surface area (Å²) in [6, 6.07) is 16.2. The fourth-order valence-corrected chi connectivity index (χ4v) is 4.62. The quantitative estimate of drug-likeness (QED) is 0.377. The number of hydrogen-bond donors (Lipinski definition) is 2. The summed E-state index contributed by atoms with van der Waals surface area (Å²) >= 11 is 2.28. The molecule has 2 aromatic rings. The van der Waals surface area contributed by atoms with Gasteiger partial charge in [-0.1, -0.05) is 42.0 Å². The summed E-state index contributed by atoms with van der Waals surface area (Å²) in [6.07, 6.45) is 5.86. The van der Waals surface area contributed by atoms with Gasteiger partial charge in [-0.25, -0.2) is 0 Å². The van der Waals surface area contributed by atoms with Crippen molar-refractivity contribution in [1.29, 1.82) is 0 Å². The lowest BCUT2D eigenvalue weighted by molar-refractivity contribution is -0.143. The van der Waals surface area contributed by atoms with Crippen LogP contribution in [-0.2, 0) is 9.59 Å². The second-order valence-electron chi connectivity index (χ2n) is 7.61. The molecule has 5 heteroatoms. The van der Waals surface area contributed by atoms with Gasteiger partial charge in [0.1, 0.15) is 0 Å². The van der Waals surface area contributed by atoms with Crippen molar-refractivity contribution >= 4 is 40.1 Å². The summed E-state index contributed by atoms with van der Waals surface area (Å²) in [7, 11) is 0. The molecule has 2 aromatic carbocycles. The van der Waals surface area contributed by atoms with E-state index >= 15 is 0 Å². The van der Waals surface area contributed by atoms with Crippen molar-refractivity contribution in [2.24, 2.45) is 17.8 Å². The molecule has 0 aromatic heterocycles. The van der Waals surface area contributed by atoms with Crippen LogP contribution in [0.4, 0.5) is 5.69 Å². The van der Waals surface area contributed by atoms with E-state index in [-0.39, 0.29) is 35.6 Å². The van der Waals surface area contributed by atoms with E-state index in [1.54, 1.807) is 0 Å². The molecule has 4 atom stereocenters. The molecule has 1 aliphatic carbocycles. The van der Waals surface area contributed by atoms with Crippen LogP contribution in [0.2, 0.25) is 0 Å². The van der Waals surface area contributed by atoms with Gasteiger partial charge in [0.15, 0.2) is 0 Å². The Balaban J connectivity index is 1.74. The van der Waals surface area contributed by atoms with Crippen molar-refractivity contribution in [3.8, 4) is 0 Å². The number of carbonyl (C=O) groups is 2. The first-order valence-electron chi connectivity index (χ1n) is 9.63. The van der Waals surface area contributed by atoms with Gasteiger partial charge in [-0.2, -0.15) is 0 Å². The molecule has 4 rings (SSSR count). The zero-order chi connectivity index (χ0) is 19.7. The lowest BCUT2D eigenvalue weighted by atomic mass is 9.69. The van der Waals surface area contributed by atoms with Gasteiger partial charge in [-0.3, -0.25) is 14.9 Å². The number of fused-ring (bicyclic) bond motifs is 1. The van der Waals surface area contributed by atoms with Gasteiger partial charge < -0.3 is 5.32 Å². The van der Waals surface area contributed by atoms with E-state index in [4.69, 9.17) is 0 Å². The number of allylic oxidation sites excluding steroid dienone is 2. The second-order valence-corrected chi connectivity index (χ2v) is 8.85. The lowest BCUT2D eigenvalue weighted by Gasteiger charge is -2.41. The molecule has 1 fully saturated rings. The summed E-state index contributed by atoms with van der Waals surface area (Å²) in [6.45, 7) is 2.05. The van der Waals surface area contributed by atoms with Crippen molar-refractivity contribution in [2.75, 3.05) is 5.32 Å². The molecule has 1 aliphatic heterocycles. The number of anilines is 1. The number of halogens is 1. The Morgan fingerprint density at radius 1 is 1.04 bits per heavy atom. The minimum absolute atomic E-state index is 0.0855. The molecule has 1 saturated heterocycles. The molecule has 2 amide bonds. The average Bonchev–Trinajstić information content (AvgIpc) is 2.69. The van der Waals surface area contributed by atoms with Gasteiger partial charge in [0.25, 0.3) is 0 Å². The SMILES string of the molecule is Cc1ccc([C@@H](Nc2ccc(I)cc2)[C@@H]2C(=O)NC(=O)[C@@H]3CCC=C[C@H]23)cc1. The zero-order valence-corrected chi connectivity index (χ0v) is 17.8. The highest BCUT2D eigenvalue weighted by molar-refractivity contribution is 14.1. The first kappa shape index (κ1) is 19.2. The van der Waals surface area contributed by atoms with E-state index in [9.17, 15) is 9.59 Å². The number of piperidine rings is 1. The smallest absolute Gasteiger partial charge is 0.232 e. The Hall–Kier alpha value is -2.15. The molecule has 0 bridgehead atoms. The van der Waals surface area contributed by atoms with Crippen LogP contribution in [0.15, 0.2) is 60.7 Å². The van der Waals surface area contributed by atoms with Crippen LogP contribution in [0.3, 0.4) is 0 Å². The number of amides is 2. The monoisotopic (exact) mass is 486 g/mol. The predicted molar refractivity (Wildman–Crippen MR) is 119 cm³/mol. The Bertz CT molecular complexity index is 905. The predicted octanol–water partition coefficient (Wildman–Crippen LogP) is 4.61. The maximum absolute atomic E-state index is 13.0. The van der Waals surface area contributed by atoms with E-state index in [1.807, 2.05) is 24.3 Å². The topological polar surface area (TPSA) is 58.2 Å². The molecule has 2 N–H and O–H groups in total. The van der Waals surface area contributed by atoms with E-state index in [2.05, 4.69) is 76.6 Å². The Kier molecular flexibility index (Phi) is 5.53. The lowest BCUT2D eigenvalue weighted by Crippen LogP contribution is -2.54. The van der Waals surface area contributed by atoms with E-state index in [0.717, 1.165) is 27.7 Å². The number of hydrogen-bond acceptors (Lipinski definition) is 3. The normalized spacial score (nSPS) is 25.0. The average molecular weight is 486 g/mol. The van der Waals surface area contributed by atoms with Crippen LogP contribution >= 0.6 is 22.6 Å². The number of benzene rings is 2. The van der Waals surface area contributed by atoms with Crippen LogP contribution in [0.5, 0.6) is 0 Å². The summed E-state index contributed by atoms with van der Waals surface area (Å²) in [4.78, 5) is 25.4. The Morgan fingerprint density at radius 2 is 1.75 bits per heavy atom. The largest absolute Gasteiger partial charge is 0.377 e. The van der Waals surface area contributed by atoms with Crippen LogP contribution in [-0.4, -0.2) is 11.8 Å². The highest BCUT2D eigenvalue weighted by atomic mass is 127. The first-order chi connectivity index (χ1) is 13.5. The van der Waals surface area contributed by atoms with Crippen LogP contribution in [0, 0.1) is 28.2 Å². The first-order valence-corrected chi connectivity index (χ1v) is 10.7. The number of imide groups is 1. The molecule has 0 saturated carbocycles. The summed E-state index contributed by atoms with van der Waals surface area (Å²) in [5.74, 6) is -0.896. The molecule has 144 valence electrons. The van der Waals surface area contributed by atoms with Gasteiger partial charge in [0, 0.05) is 21.1 Å².